The van der Waals surface area contributed by atoms with Crippen molar-refractivity contribution in [3.8, 4) is 5.75 Å². The minimum atomic E-state index is -1.42. The van der Waals surface area contributed by atoms with E-state index in [0.29, 0.717) is 12.8 Å². The number of anilines is 1. The number of hydrogen-bond donors (Lipinski definition) is 3. The number of nitrogens with one attached hydrogen (secondary N) is 2. The monoisotopic (exact) mass is 576 g/mol. The van der Waals surface area contributed by atoms with Crippen LogP contribution in [0.1, 0.15) is 96.8 Å². The highest BCUT2D eigenvalue weighted by Gasteiger charge is 2.44. The first-order valence-electron chi connectivity index (χ1n) is 14.4. The Morgan fingerprint density at radius 3 is 2.32 bits per heavy atom. The number of rotatable bonds is 12. The Bertz CT molecular complexity index is 1090. The van der Waals surface area contributed by atoms with Crippen molar-refractivity contribution in [2.75, 3.05) is 5.32 Å². The van der Waals surface area contributed by atoms with E-state index in [2.05, 4.69) is 17.6 Å². The molecule has 5 atom stereocenters. The number of para-hydroxylation sites is 1. The molecule has 1 fully saturated rings. The number of carbonyl (C=O) groups excluding carboxylic acids is 5. The number of ether oxygens (including phenoxy) is 3. The van der Waals surface area contributed by atoms with Gasteiger partial charge in [0.1, 0.15) is 12.2 Å². The van der Waals surface area contributed by atoms with E-state index in [4.69, 9.17) is 14.2 Å². The average Bonchev–Trinajstić information content (AvgIpc) is 2.92. The quantitative estimate of drug-likeness (QED) is 0.143. The molecule has 0 bridgehead atoms. The fraction of sp³-hybridized carbons (Fsp3) is 0.633. The maximum absolute atomic E-state index is 13.4. The number of amides is 2. The molecule has 1 aliphatic rings. The lowest BCUT2D eigenvalue weighted by atomic mass is 9.92. The summed E-state index contributed by atoms with van der Waals surface area (Å²) in [4.78, 5) is 64.3. The summed E-state index contributed by atoms with van der Waals surface area (Å²) >= 11 is 0. The molecule has 0 radical (unpaired) electrons. The fourth-order valence-electron chi connectivity index (χ4n) is 4.56. The normalized spacial score (nSPS) is 23.0. The van der Waals surface area contributed by atoms with E-state index in [1.807, 2.05) is 13.8 Å². The number of hydrogen-bond acceptors (Lipinski definition) is 9. The van der Waals surface area contributed by atoms with Gasteiger partial charge in [-0.1, -0.05) is 59.4 Å². The largest absolute Gasteiger partial charge is 0.505 e. The molecule has 11 nitrogen and oxygen atoms in total. The molecule has 0 spiro atoms. The third kappa shape index (κ3) is 9.75. The Balaban J connectivity index is 2.33. The maximum Gasteiger partial charge on any atom is 0.332 e. The molecule has 1 aliphatic heterocycles. The van der Waals surface area contributed by atoms with E-state index >= 15 is 0 Å². The van der Waals surface area contributed by atoms with E-state index < -0.39 is 59.8 Å². The van der Waals surface area contributed by atoms with Gasteiger partial charge in [-0.15, -0.1) is 0 Å². The second-order valence-corrected chi connectivity index (χ2v) is 10.8. The molecule has 228 valence electrons. The molecular formula is C30H44N2O9. The summed E-state index contributed by atoms with van der Waals surface area (Å²) in [6.07, 6.45) is 0.985. The summed E-state index contributed by atoms with van der Waals surface area (Å²) < 4.78 is 17.0. The van der Waals surface area contributed by atoms with Gasteiger partial charge in [-0.2, -0.15) is 0 Å². The van der Waals surface area contributed by atoms with Crippen LogP contribution in [-0.2, 0) is 33.4 Å². The Morgan fingerprint density at radius 2 is 1.68 bits per heavy atom. The van der Waals surface area contributed by atoms with Crippen LogP contribution in [0.4, 0.5) is 5.69 Å². The zero-order valence-corrected chi connectivity index (χ0v) is 24.9. The Labute approximate surface area is 241 Å². The molecule has 0 saturated carbocycles. The highest BCUT2D eigenvalue weighted by molar-refractivity contribution is 6.02. The predicted molar refractivity (Wildman–Crippen MR) is 151 cm³/mol. The van der Waals surface area contributed by atoms with Gasteiger partial charge >= 0.3 is 17.9 Å². The van der Waals surface area contributed by atoms with Gasteiger partial charge in [0.25, 0.3) is 5.91 Å². The molecular weight excluding hydrogens is 532 g/mol. The standard InChI is InChI=1S/C30H44N2O9/c1-7-9-10-11-13-21-27(41-24(34)16-17(3)4)19(6)40-30(38)25(18(5)39-29(21)37)32-28(36)20-14-12-15-22(26(20)35)31-23(33)8-2/h12,14-15,17-19,21,25,27,35H,7-11,13,16H2,1-6H3,(H,31,33)(H,32,36). The van der Waals surface area contributed by atoms with Gasteiger partial charge < -0.3 is 30.0 Å². The van der Waals surface area contributed by atoms with Crippen LogP contribution in [0.2, 0.25) is 0 Å². The molecule has 3 N–H and O–H groups in total. The van der Waals surface area contributed by atoms with Crippen LogP contribution in [0.25, 0.3) is 0 Å². The number of aromatic hydroxyl groups is 1. The SMILES string of the molecule is CCCCCCC1C(=O)OC(C)C(NC(=O)c2cccc(NC(=O)CC)c2O)C(=O)OC(C)C1OC(=O)CC(C)C. The minimum Gasteiger partial charge on any atom is -0.505 e. The van der Waals surface area contributed by atoms with Crippen LogP contribution in [0, 0.1) is 11.8 Å². The second-order valence-electron chi connectivity index (χ2n) is 10.8. The Hall–Kier alpha value is -3.63. The van der Waals surface area contributed by atoms with Crippen molar-refractivity contribution < 1.29 is 43.3 Å². The highest BCUT2D eigenvalue weighted by atomic mass is 16.6. The van der Waals surface area contributed by atoms with E-state index in [9.17, 15) is 29.1 Å². The van der Waals surface area contributed by atoms with Crippen molar-refractivity contribution in [1.29, 1.82) is 0 Å². The lowest BCUT2D eigenvalue weighted by Gasteiger charge is -2.29. The predicted octanol–water partition coefficient (Wildman–Crippen LogP) is 4.26. The third-order valence-corrected chi connectivity index (χ3v) is 6.86. The van der Waals surface area contributed by atoms with E-state index in [0.717, 1.165) is 19.3 Å². The van der Waals surface area contributed by atoms with Crippen LogP contribution in [0.15, 0.2) is 18.2 Å². The lowest BCUT2D eigenvalue weighted by molar-refractivity contribution is -0.175. The van der Waals surface area contributed by atoms with Crippen LogP contribution < -0.4 is 10.6 Å². The first-order valence-corrected chi connectivity index (χ1v) is 14.4. The topological polar surface area (TPSA) is 157 Å². The summed E-state index contributed by atoms with van der Waals surface area (Å²) in [6, 6.07) is 2.80. The number of benzene rings is 1. The van der Waals surface area contributed by atoms with Gasteiger partial charge in [-0.25, -0.2) is 4.79 Å². The first-order chi connectivity index (χ1) is 19.4. The zero-order chi connectivity index (χ0) is 30.7. The lowest BCUT2D eigenvalue weighted by Crippen LogP contribution is -2.50. The van der Waals surface area contributed by atoms with Crippen molar-refractivity contribution in [3.05, 3.63) is 23.8 Å². The molecule has 1 aromatic rings. The Morgan fingerprint density at radius 1 is 1.00 bits per heavy atom. The Kier molecular flexibility index (Phi) is 13.1. The zero-order valence-electron chi connectivity index (χ0n) is 24.9. The summed E-state index contributed by atoms with van der Waals surface area (Å²) in [5.74, 6) is -4.59. The highest BCUT2D eigenvalue weighted by Crippen LogP contribution is 2.29. The maximum atomic E-state index is 13.4. The second kappa shape index (κ2) is 16.0. The summed E-state index contributed by atoms with van der Waals surface area (Å²) in [6.45, 7) is 10.4. The molecule has 41 heavy (non-hydrogen) atoms. The molecule has 5 unspecified atom stereocenters. The molecule has 0 aliphatic carbocycles. The molecule has 1 aromatic carbocycles. The molecule has 0 aromatic heterocycles. The van der Waals surface area contributed by atoms with Crippen molar-refractivity contribution in [3.63, 3.8) is 0 Å². The summed E-state index contributed by atoms with van der Waals surface area (Å²) in [5.41, 5.74) is -0.168. The van der Waals surface area contributed by atoms with Crippen LogP contribution in [-0.4, -0.2) is 59.2 Å². The number of carbonyl (C=O) groups is 5. The van der Waals surface area contributed by atoms with E-state index in [1.165, 1.54) is 32.0 Å². The van der Waals surface area contributed by atoms with Crippen LogP contribution in [0.5, 0.6) is 5.75 Å². The number of unbranched alkanes of at least 4 members (excludes halogenated alkanes) is 3. The van der Waals surface area contributed by atoms with Crippen molar-refractivity contribution in [2.24, 2.45) is 11.8 Å². The van der Waals surface area contributed by atoms with Gasteiger partial charge in [0, 0.05) is 12.8 Å². The fourth-order valence-corrected chi connectivity index (χ4v) is 4.56. The van der Waals surface area contributed by atoms with Gasteiger partial charge in [-0.05, 0) is 38.3 Å². The molecule has 1 heterocycles. The number of cyclic esters (lactones) is 2. The summed E-state index contributed by atoms with van der Waals surface area (Å²) in [7, 11) is 0. The van der Waals surface area contributed by atoms with Gasteiger partial charge in [0.2, 0.25) is 5.91 Å². The van der Waals surface area contributed by atoms with Gasteiger partial charge in [0.15, 0.2) is 17.9 Å². The van der Waals surface area contributed by atoms with Gasteiger partial charge in [0.05, 0.1) is 17.2 Å². The molecule has 1 saturated heterocycles. The number of phenolic OH excluding ortho intramolecular Hbond substituents is 1. The van der Waals surface area contributed by atoms with Crippen molar-refractivity contribution in [1.82, 2.24) is 5.32 Å². The first kappa shape index (κ1) is 33.6. The van der Waals surface area contributed by atoms with Crippen LogP contribution >= 0.6 is 0 Å². The number of esters is 3. The molecule has 2 amide bonds. The smallest absolute Gasteiger partial charge is 0.332 e. The van der Waals surface area contributed by atoms with Crippen LogP contribution in [0.3, 0.4) is 0 Å². The van der Waals surface area contributed by atoms with E-state index in [1.54, 1.807) is 6.92 Å². The minimum absolute atomic E-state index is 0.0245. The summed E-state index contributed by atoms with van der Waals surface area (Å²) in [5, 5.41) is 15.6. The van der Waals surface area contributed by atoms with Gasteiger partial charge in [-0.3, -0.25) is 19.2 Å². The molecule has 11 heteroatoms. The van der Waals surface area contributed by atoms with Crippen molar-refractivity contribution in [2.45, 2.75) is 111 Å². The van der Waals surface area contributed by atoms with Crippen molar-refractivity contribution >= 4 is 35.4 Å². The number of phenols is 1. The van der Waals surface area contributed by atoms with E-state index in [-0.39, 0.29) is 35.9 Å². The average molecular weight is 577 g/mol. The molecule has 2 rings (SSSR count). The third-order valence-electron chi connectivity index (χ3n) is 6.86.